The quantitative estimate of drug-likeness (QED) is 0.835. The maximum absolute atomic E-state index is 5.73. The van der Waals surface area contributed by atoms with Gasteiger partial charge in [-0.05, 0) is 49.8 Å². The van der Waals surface area contributed by atoms with Crippen LogP contribution in [0.15, 0.2) is 18.2 Å². The average molecular weight is 257 g/mol. The fraction of sp³-hybridized carbons (Fsp3) is 0.647. The van der Waals surface area contributed by atoms with Gasteiger partial charge in [-0.3, -0.25) is 0 Å². The third kappa shape index (κ3) is 1.53. The van der Waals surface area contributed by atoms with E-state index in [2.05, 4.69) is 23.5 Å². The predicted octanol–water partition coefficient (Wildman–Crippen LogP) is 3.04. The smallest absolute Gasteiger partial charge is 0.122 e. The molecule has 0 aromatic heterocycles. The first-order valence-electron chi connectivity index (χ1n) is 7.75. The van der Waals surface area contributed by atoms with Crippen molar-refractivity contribution in [2.24, 2.45) is 5.92 Å². The molecule has 3 aliphatic rings. The summed E-state index contributed by atoms with van der Waals surface area (Å²) in [4.78, 5) is 0. The van der Waals surface area contributed by atoms with Crippen molar-refractivity contribution in [1.29, 1.82) is 0 Å². The van der Waals surface area contributed by atoms with Crippen LogP contribution >= 0.6 is 0 Å². The van der Waals surface area contributed by atoms with Crippen molar-refractivity contribution in [3.63, 3.8) is 0 Å². The highest BCUT2D eigenvalue weighted by Gasteiger charge is 2.52. The summed E-state index contributed by atoms with van der Waals surface area (Å²) in [5, 5.41) is 3.78. The Hall–Kier alpha value is -1.02. The zero-order valence-electron chi connectivity index (χ0n) is 11.7. The van der Waals surface area contributed by atoms with Gasteiger partial charge in [0.1, 0.15) is 5.75 Å². The Morgan fingerprint density at radius 1 is 1.26 bits per heavy atom. The van der Waals surface area contributed by atoms with Gasteiger partial charge in [0.15, 0.2) is 0 Å². The SMILES string of the molecule is COc1cccc2c1[C@@]13CCCC[C@H]1[C@@H](C2)NCC3. The monoisotopic (exact) mass is 257 g/mol. The summed E-state index contributed by atoms with van der Waals surface area (Å²) < 4.78 is 5.73. The van der Waals surface area contributed by atoms with Crippen molar-refractivity contribution >= 4 is 0 Å². The van der Waals surface area contributed by atoms with Crippen molar-refractivity contribution in [3.05, 3.63) is 29.3 Å². The standard InChI is InChI=1S/C17H23NO/c1-19-15-7-4-5-12-11-14-13-6-2-3-8-17(13,16(12)15)9-10-18-14/h4-5,7,13-14,18H,2-3,6,8-11H2,1H3/t13-,14+,17+/m0/s1. The number of piperidine rings is 1. The molecule has 1 saturated heterocycles. The maximum Gasteiger partial charge on any atom is 0.122 e. The lowest BCUT2D eigenvalue weighted by molar-refractivity contribution is 0.0772. The topological polar surface area (TPSA) is 21.3 Å². The number of rotatable bonds is 1. The molecule has 2 fully saturated rings. The van der Waals surface area contributed by atoms with Crippen molar-refractivity contribution in [2.75, 3.05) is 13.7 Å². The molecule has 1 heterocycles. The minimum absolute atomic E-state index is 0.411. The normalized spacial score (nSPS) is 36.3. The van der Waals surface area contributed by atoms with Crippen LogP contribution in [0.5, 0.6) is 5.75 Å². The van der Waals surface area contributed by atoms with E-state index in [1.54, 1.807) is 5.56 Å². The molecule has 0 spiro atoms. The Balaban J connectivity index is 1.93. The Morgan fingerprint density at radius 2 is 2.21 bits per heavy atom. The lowest BCUT2D eigenvalue weighted by Gasteiger charge is -2.56. The fourth-order valence-electron chi connectivity index (χ4n) is 5.15. The number of fused-ring (bicyclic) bond motifs is 1. The van der Waals surface area contributed by atoms with Crippen LogP contribution in [0, 0.1) is 5.92 Å². The molecule has 1 saturated carbocycles. The number of ether oxygens (including phenoxy) is 1. The summed E-state index contributed by atoms with van der Waals surface area (Å²) in [6.07, 6.45) is 8.05. The van der Waals surface area contributed by atoms with E-state index in [9.17, 15) is 0 Å². The predicted molar refractivity (Wildman–Crippen MR) is 76.7 cm³/mol. The van der Waals surface area contributed by atoms with Gasteiger partial charge in [0.2, 0.25) is 0 Å². The highest BCUT2D eigenvalue weighted by molar-refractivity contribution is 5.50. The molecule has 2 bridgehead atoms. The van der Waals surface area contributed by atoms with Crippen molar-refractivity contribution in [3.8, 4) is 5.75 Å². The van der Waals surface area contributed by atoms with Crippen molar-refractivity contribution in [2.45, 2.75) is 50.0 Å². The lowest BCUT2D eigenvalue weighted by atomic mass is 9.52. The Bertz CT molecular complexity index is 494. The third-order valence-electron chi connectivity index (χ3n) is 5.83. The van der Waals surface area contributed by atoms with Gasteiger partial charge < -0.3 is 10.1 Å². The highest BCUT2D eigenvalue weighted by atomic mass is 16.5. The molecule has 102 valence electrons. The van der Waals surface area contributed by atoms with Gasteiger partial charge in [-0.15, -0.1) is 0 Å². The van der Waals surface area contributed by atoms with Gasteiger partial charge in [-0.25, -0.2) is 0 Å². The van der Waals surface area contributed by atoms with E-state index in [-0.39, 0.29) is 0 Å². The van der Waals surface area contributed by atoms with Crippen LogP contribution in [0.2, 0.25) is 0 Å². The average Bonchev–Trinajstić information content (AvgIpc) is 2.46. The fourth-order valence-corrected chi connectivity index (χ4v) is 5.15. The molecular formula is C17H23NO. The summed E-state index contributed by atoms with van der Waals surface area (Å²) in [6, 6.07) is 7.35. The molecule has 1 N–H and O–H groups in total. The van der Waals surface area contributed by atoms with Gasteiger partial charge >= 0.3 is 0 Å². The van der Waals surface area contributed by atoms with Crippen LogP contribution in [0.4, 0.5) is 0 Å². The second-order valence-electron chi connectivity index (χ2n) is 6.52. The van der Waals surface area contributed by atoms with Crippen molar-refractivity contribution in [1.82, 2.24) is 5.32 Å². The van der Waals surface area contributed by atoms with Crippen LogP contribution in [0.3, 0.4) is 0 Å². The Morgan fingerprint density at radius 3 is 3.11 bits per heavy atom. The van der Waals surface area contributed by atoms with E-state index >= 15 is 0 Å². The molecular weight excluding hydrogens is 234 g/mol. The van der Waals surface area contributed by atoms with Crippen LogP contribution < -0.4 is 10.1 Å². The van der Waals surface area contributed by atoms with Gasteiger partial charge in [0.25, 0.3) is 0 Å². The van der Waals surface area contributed by atoms with Gasteiger partial charge in [0, 0.05) is 17.0 Å². The molecule has 2 aliphatic carbocycles. The van der Waals surface area contributed by atoms with E-state index in [0.717, 1.165) is 11.7 Å². The summed E-state index contributed by atoms with van der Waals surface area (Å²) >= 11 is 0. The van der Waals surface area contributed by atoms with E-state index in [1.807, 2.05) is 7.11 Å². The molecule has 2 nitrogen and oxygen atoms in total. The minimum Gasteiger partial charge on any atom is -0.496 e. The summed E-state index contributed by atoms with van der Waals surface area (Å²) in [6.45, 7) is 1.18. The van der Waals surface area contributed by atoms with Crippen LogP contribution in [0.1, 0.15) is 43.2 Å². The first kappa shape index (κ1) is 11.8. The van der Waals surface area contributed by atoms with E-state index in [4.69, 9.17) is 4.74 Å². The van der Waals surface area contributed by atoms with Gasteiger partial charge in [0.05, 0.1) is 7.11 Å². The number of benzene rings is 1. The Labute approximate surface area is 115 Å². The molecule has 1 aliphatic heterocycles. The zero-order valence-corrected chi connectivity index (χ0v) is 11.7. The van der Waals surface area contributed by atoms with Crippen LogP contribution in [-0.2, 0) is 11.8 Å². The minimum atomic E-state index is 0.411. The summed E-state index contributed by atoms with van der Waals surface area (Å²) in [5.74, 6) is 1.98. The zero-order chi connectivity index (χ0) is 12.9. The van der Waals surface area contributed by atoms with Gasteiger partial charge in [-0.1, -0.05) is 25.0 Å². The van der Waals surface area contributed by atoms with E-state index in [1.165, 1.54) is 50.6 Å². The van der Waals surface area contributed by atoms with Gasteiger partial charge in [-0.2, -0.15) is 0 Å². The molecule has 0 radical (unpaired) electrons. The largest absolute Gasteiger partial charge is 0.496 e. The summed E-state index contributed by atoms with van der Waals surface area (Å²) in [7, 11) is 1.83. The third-order valence-corrected chi connectivity index (χ3v) is 5.83. The molecule has 0 unspecified atom stereocenters. The van der Waals surface area contributed by atoms with Crippen molar-refractivity contribution < 1.29 is 4.74 Å². The molecule has 1 aromatic carbocycles. The molecule has 4 rings (SSSR count). The van der Waals surface area contributed by atoms with Crippen LogP contribution in [-0.4, -0.2) is 19.7 Å². The van der Waals surface area contributed by atoms with E-state index in [0.29, 0.717) is 11.5 Å². The maximum atomic E-state index is 5.73. The first-order valence-corrected chi connectivity index (χ1v) is 7.75. The first-order chi connectivity index (χ1) is 9.35. The second kappa shape index (κ2) is 4.24. The summed E-state index contributed by atoms with van der Waals surface area (Å²) in [5.41, 5.74) is 3.52. The Kier molecular flexibility index (Phi) is 2.63. The highest BCUT2D eigenvalue weighted by Crippen LogP contribution is 2.56. The number of hydrogen-bond donors (Lipinski definition) is 1. The number of methoxy groups -OCH3 is 1. The van der Waals surface area contributed by atoms with E-state index < -0.39 is 0 Å². The number of hydrogen-bond acceptors (Lipinski definition) is 2. The molecule has 1 aromatic rings. The van der Waals surface area contributed by atoms with Crippen LogP contribution in [0.25, 0.3) is 0 Å². The molecule has 19 heavy (non-hydrogen) atoms. The second-order valence-corrected chi connectivity index (χ2v) is 6.52. The number of nitrogens with one attached hydrogen (secondary N) is 1. The molecule has 0 amide bonds. The molecule has 3 atom stereocenters. The lowest BCUT2D eigenvalue weighted by Crippen LogP contribution is -2.59. The molecule has 2 heteroatoms.